The van der Waals surface area contributed by atoms with E-state index in [4.69, 9.17) is 14.5 Å². The number of guanidine groups is 1. The van der Waals surface area contributed by atoms with Gasteiger partial charge in [0.2, 0.25) is 0 Å². The van der Waals surface area contributed by atoms with Gasteiger partial charge in [-0.2, -0.15) is 0 Å². The minimum atomic E-state index is -0.605. The number of rotatable bonds is 9. The fourth-order valence-corrected chi connectivity index (χ4v) is 4.63. The molecule has 3 rings (SSSR count). The largest absolute Gasteiger partial charge is 0.497 e. The molecule has 2 fully saturated rings. The number of aliphatic imine (C=N–C) groups is 1. The normalized spacial score (nSPS) is 20.8. The molecule has 31 heavy (non-hydrogen) atoms. The molecule has 174 valence electrons. The zero-order valence-corrected chi connectivity index (χ0v) is 19.2. The highest BCUT2D eigenvalue weighted by molar-refractivity contribution is 5.79. The van der Waals surface area contributed by atoms with Crippen LogP contribution in [0.1, 0.15) is 50.7 Å². The van der Waals surface area contributed by atoms with Crippen molar-refractivity contribution in [2.45, 2.75) is 45.1 Å². The molecule has 1 unspecified atom stereocenters. The van der Waals surface area contributed by atoms with E-state index < -0.39 is 6.10 Å². The molecule has 1 aromatic rings. The van der Waals surface area contributed by atoms with Gasteiger partial charge in [0.05, 0.1) is 26.4 Å². The van der Waals surface area contributed by atoms with Gasteiger partial charge in [-0.15, -0.1) is 0 Å². The van der Waals surface area contributed by atoms with E-state index in [0.717, 1.165) is 63.2 Å². The Labute approximate surface area is 187 Å². The van der Waals surface area contributed by atoms with E-state index in [0.29, 0.717) is 6.54 Å². The minimum absolute atomic E-state index is 0.243. The lowest BCUT2D eigenvalue weighted by Gasteiger charge is -2.41. The summed E-state index contributed by atoms with van der Waals surface area (Å²) in [4.78, 5) is 7.53. The molecule has 0 amide bonds. The minimum Gasteiger partial charge on any atom is -0.497 e. The standard InChI is InChI=1S/C24H40N4O3/c1-3-25-23(26-17-22(29)20-7-9-21(30-2)10-8-20)27-18-24(11-5-4-6-12-24)19-28-13-15-31-16-14-28/h7-10,22,29H,3-6,11-19H2,1-2H3,(H2,25,26,27). The predicted octanol–water partition coefficient (Wildman–Crippen LogP) is 2.57. The highest BCUT2D eigenvalue weighted by Gasteiger charge is 2.34. The average Bonchev–Trinajstić information content (AvgIpc) is 2.82. The predicted molar refractivity (Wildman–Crippen MR) is 125 cm³/mol. The van der Waals surface area contributed by atoms with E-state index in [1.807, 2.05) is 24.3 Å². The van der Waals surface area contributed by atoms with Crippen molar-refractivity contribution in [1.82, 2.24) is 15.5 Å². The first-order chi connectivity index (χ1) is 15.1. The number of nitrogens with zero attached hydrogens (tertiary/aromatic N) is 2. The van der Waals surface area contributed by atoms with Gasteiger partial charge in [0.15, 0.2) is 5.96 Å². The molecule has 7 heteroatoms. The first-order valence-electron chi connectivity index (χ1n) is 11.8. The number of ether oxygens (including phenoxy) is 2. The maximum atomic E-state index is 10.6. The van der Waals surface area contributed by atoms with Crippen LogP contribution in [-0.4, -0.2) is 75.6 Å². The van der Waals surface area contributed by atoms with Gasteiger partial charge >= 0.3 is 0 Å². The fraction of sp³-hybridized carbons (Fsp3) is 0.708. The SMILES string of the molecule is CCNC(=NCC1(CN2CCOCC2)CCCCC1)NCC(O)c1ccc(OC)cc1. The zero-order valence-electron chi connectivity index (χ0n) is 19.2. The highest BCUT2D eigenvalue weighted by Crippen LogP contribution is 2.37. The molecule has 1 heterocycles. The van der Waals surface area contributed by atoms with Crippen LogP contribution in [-0.2, 0) is 4.74 Å². The van der Waals surface area contributed by atoms with Crippen LogP contribution < -0.4 is 15.4 Å². The van der Waals surface area contributed by atoms with Crippen LogP contribution in [0.4, 0.5) is 0 Å². The fourth-order valence-electron chi connectivity index (χ4n) is 4.63. The van der Waals surface area contributed by atoms with Gasteiger partial charge in [-0.25, -0.2) is 0 Å². The molecule has 0 aromatic heterocycles. The lowest BCUT2D eigenvalue weighted by atomic mass is 9.73. The van der Waals surface area contributed by atoms with Gasteiger partial charge in [0, 0.05) is 44.7 Å². The second-order valence-electron chi connectivity index (χ2n) is 8.81. The smallest absolute Gasteiger partial charge is 0.191 e. The molecule has 1 aliphatic carbocycles. The van der Waals surface area contributed by atoms with Gasteiger partial charge in [0.1, 0.15) is 5.75 Å². The van der Waals surface area contributed by atoms with Crippen molar-refractivity contribution in [1.29, 1.82) is 0 Å². The van der Waals surface area contributed by atoms with Gasteiger partial charge in [-0.3, -0.25) is 9.89 Å². The molecule has 1 atom stereocenters. The Bertz CT molecular complexity index is 668. The first-order valence-corrected chi connectivity index (χ1v) is 11.8. The van der Waals surface area contributed by atoms with Crippen LogP contribution in [0.25, 0.3) is 0 Å². The van der Waals surface area contributed by atoms with Gasteiger partial charge < -0.3 is 25.2 Å². The van der Waals surface area contributed by atoms with Crippen molar-refractivity contribution in [2.75, 3.05) is 59.6 Å². The Hall–Kier alpha value is -1.83. The van der Waals surface area contributed by atoms with Crippen LogP contribution in [0, 0.1) is 5.41 Å². The second kappa shape index (κ2) is 12.3. The third-order valence-corrected chi connectivity index (χ3v) is 6.46. The van der Waals surface area contributed by atoms with E-state index in [-0.39, 0.29) is 5.41 Å². The van der Waals surface area contributed by atoms with Crippen molar-refractivity contribution >= 4 is 5.96 Å². The van der Waals surface area contributed by atoms with Crippen molar-refractivity contribution in [3.8, 4) is 5.75 Å². The molecule has 1 aromatic carbocycles. The average molecular weight is 433 g/mol. The summed E-state index contributed by atoms with van der Waals surface area (Å²) in [5.41, 5.74) is 1.10. The first kappa shape index (κ1) is 23.8. The van der Waals surface area contributed by atoms with Crippen molar-refractivity contribution in [2.24, 2.45) is 10.4 Å². The number of morpholine rings is 1. The topological polar surface area (TPSA) is 78.4 Å². The molecule has 7 nitrogen and oxygen atoms in total. The van der Waals surface area contributed by atoms with Gasteiger partial charge in [0.25, 0.3) is 0 Å². The van der Waals surface area contributed by atoms with Crippen LogP contribution in [0.15, 0.2) is 29.3 Å². The summed E-state index contributed by atoms with van der Waals surface area (Å²) in [7, 11) is 1.64. The molecule has 0 radical (unpaired) electrons. The number of hydrogen-bond donors (Lipinski definition) is 3. The Balaban J connectivity index is 1.60. The Morgan fingerprint density at radius 3 is 2.52 bits per heavy atom. The number of benzene rings is 1. The van der Waals surface area contributed by atoms with Crippen LogP contribution in [0.2, 0.25) is 0 Å². The molecule has 3 N–H and O–H groups in total. The Kier molecular flexibility index (Phi) is 9.43. The number of aliphatic hydroxyl groups excluding tert-OH is 1. The summed E-state index contributed by atoms with van der Waals surface area (Å²) < 4.78 is 10.7. The third kappa shape index (κ3) is 7.37. The second-order valence-corrected chi connectivity index (χ2v) is 8.81. The summed E-state index contributed by atoms with van der Waals surface area (Å²) in [5, 5.41) is 17.3. The van der Waals surface area contributed by atoms with Crippen LogP contribution in [0.5, 0.6) is 5.75 Å². The maximum Gasteiger partial charge on any atom is 0.191 e. The maximum absolute atomic E-state index is 10.6. The summed E-state index contributed by atoms with van der Waals surface area (Å²) in [6, 6.07) is 7.54. The van der Waals surface area contributed by atoms with Crippen LogP contribution in [0.3, 0.4) is 0 Å². The Morgan fingerprint density at radius 2 is 1.87 bits per heavy atom. The lowest BCUT2D eigenvalue weighted by molar-refractivity contribution is 0.00937. The molecule has 0 bridgehead atoms. The van der Waals surface area contributed by atoms with Gasteiger partial charge in [-0.05, 0) is 37.5 Å². The van der Waals surface area contributed by atoms with E-state index >= 15 is 0 Å². The molecular weight excluding hydrogens is 392 g/mol. The van der Waals surface area contributed by atoms with Gasteiger partial charge in [-0.1, -0.05) is 31.4 Å². The molecule has 1 saturated carbocycles. The molecule has 1 saturated heterocycles. The van der Waals surface area contributed by atoms with Crippen molar-refractivity contribution in [3.05, 3.63) is 29.8 Å². The number of hydrogen-bond acceptors (Lipinski definition) is 5. The molecule has 1 aliphatic heterocycles. The Morgan fingerprint density at radius 1 is 1.16 bits per heavy atom. The monoisotopic (exact) mass is 432 g/mol. The lowest BCUT2D eigenvalue weighted by Crippen LogP contribution is -2.47. The zero-order chi connectivity index (χ0) is 21.9. The summed E-state index contributed by atoms with van der Waals surface area (Å²) in [6.07, 6.45) is 5.79. The van der Waals surface area contributed by atoms with Crippen molar-refractivity contribution < 1.29 is 14.6 Å². The van der Waals surface area contributed by atoms with Crippen molar-refractivity contribution in [3.63, 3.8) is 0 Å². The quantitative estimate of drug-likeness (QED) is 0.411. The molecular formula is C24H40N4O3. The third-order valence-electron chi connectivity index (χ3n) is 6.46. The highest BCUT2D eigenvalue weighted by atomic mass is 16.5. The number of aliphatic hydroxyl groups is 1. The molecule has 0 spiro atoms. The van der Waals surface area contributed by atoms with E-state index in [1.165, 1.54) is 32.1 Å². The summed E-state index contributed by atoms with van der Waals surface area (Å²) in [6.45, 7) is 8.93. The summed E-state index contributed by atoms with van der Waals surface area (Å²) in [5.74, 6) is 1.57. The molecule has 2 aliphatic rings. The number of nitrogens with one attached hydrogen (secondary N) is 2. The van der Waals surface area contributed by atoms with E-state index in [1.54, 1.807) is 7.11 Å². The summed E-state index contributed by atoms with van der Waals surface area (Å²) >= 11 is 0. The number of methoxy groups -OCH3 is 1. The van der Waals surface area contributed by atoms with E-state index in [2.05, 4.69) is 22.5 Å². The van der Waals surface area contributed by atoms with E-state index in [9.17, 15) is 5.11 Å². The van der Waals surface area contributed by atoms with Crippen LogP contribution >= 0.6 is 0 Å².